The highest BCUT2D eigenvalue weighted by atomic mass is 32.2. The summed E-state index contributed by atoms with van der Waals surface area (Å²) in [4.78, 5) is 16.7. The fourth-order valence-electron chi connectivity index (χ4n) is 3.18. The number of carbonyl (C=O) groups excluding carboxylic acids is 1. The quantitative estimate of drug-likeness (QED) is 0.802. The average molecular weight is 338 g/mol. The van der Waals surface area contributed by atoms with E-state index in [1.54, 1.807) is 12.4 Å². The topological polar surface area (TPSA) is 91.4 Å². The van der Waals surface area contributed by atoms with Gasteiger partial charge in [-0.1, -0.05) is 0 Å². The van der Waals surface area contributed by atoms with Gasteiger partial charge in [0.1, 0.15) is 0 Å². The molecule has 3 rings (SSSR count). The van der Waals surface area contributed by atoms with Gasteiger partial charge >= 0.3 is 0 Å². The molecule has 0 saturated carbocycles. The molecule has 8 heteroatoms. The van der Waals surface area contributed by atoms with Crippen molar-refractivity contribution in [2.45, 2.75) is 31.8 Å². The van der Waals surface area contributed by atoms with Crippen LogP contribution in [0, 0.1) is 0 Å². The number of amides is 1. The van der Waals surface area contributed by atoms with Gasteiger partial charge in [-0.15, -0.1) is 0 Å². The first kappa shape index (κ1) is 16.4. The molecule has 1 fully saturated rings. The van der Waals surface area contributed by atoms with Gasteiger partial charge in [-0.25, -0.2) is 8.42 Å². The van der Waals surface area contributed by atoms with Crippen molar-refractivity contribution in [2.24, 2.45) is 0 Å². The lowest BCUT2D eigenvalue weighted by molar-refractivity contribution is 0.0929. The number of aromatic nitrogens is 1. The van der Waals surface area contributed by atoms with Crippen molar-refractivity contribution in [3.63, 3.8) is 0 Å². The maximum Gasteiger partial charge on any atom is 0.253 e. The third-order valence-corrected chi connectivity index (χ3v) is 5.70. The summed E-state index contributed by atoms with van der Waals surface area (Å²) in [5.74, 6) is -0.115. The van der Waals surface area contributed by atoms with Crippen molar-refractivity contribution in [1.29, 1.82) is 0 Å². The third-order valence-electron chi connectivity index (χ3n) is 4.45. The van der Waals surface area contributed by atoms with Crippen molar-refractivity contribution >= 4 is 15.9 Å². The van der Waals surface area contributed by atoms with Gasteiger partial charge in [-0.3, -0.25) is 9.78 Å². The molecule has 0 radical (unpaired) electrons. The molecule has 2 aliphatic heterocycles. The van der Waals surface area contributed by atoms with Gasteiger partial charge < -0.3 is 10.6 Å². The molecule has 7 nitrogen and oxygen atoms in total. The van der Waals surface area contributed by atoms with E-state index < -0.39 is 10.0 Å². The molecule has 1 saturated heterocycles. The van der Waals surface area contributed by atoms with Crippen molar-refractivity contribution in [2.75, 3.05) is 25.9 Å². The Morgan fingerprint density at radius 1 is 1.43 bits per heavy atom. The van der Waals surface area contributed by atoms with Crippen molar-refractivity contribution < 1.29 is 13.2 Å². The van der Waals surface area contributed by atoms with Crippen LogP contribution >= 0.6 is 0 Å². The molecular weight excluding hydrogens is 316 g/mol. The molecule has 1 amide bonds. The Morgan fingerprint density at radius 3 is 2.96 bits per heavy atom. The molecule has 3 heterocycles. The Kier molecular flexibility index (Phi) is 4.65. The lowest BCUT2D eigenvalue weighted by atomic mass is 9.97. The molecule has 23 heavy (non-hydrogen) atoms. The van der Waals surface area contributed by atoms with Gasteiger partial charge in [0.05, 0.1) is 11.8 Å². The fraction of sp³-hybridized carbons (Fsp3) is 0.600. The monoisotopic (exact) mass is 338 g/mol. The maximum absolute atomic E-state index is 12.6. The number of carbonyl (C=O) groups is 1. The number of hydrogen-bond donors (Lipinski definition) is 2. The molecule has 2 aliphatic rings. The smallest absolute Gasteiger partial charge is 0.253 e. The van der Waals surface area contributed by atoms with Crippen LogP contribution in [0.3, 0.4) is 0 Å². The van der Waals surface area contributed by atoms with E-state index in [2.05, 4.69) is 15.6 Å². The number of nitrogens with one attached hydrogen (secondary N) is 2. The van der Waals surface area contributed by atoms with Crippen LogP contribution in [0.15, 0.2) is 12.4 Å². The summed E-state index contributed by atoms with van der Waals surface area (Å²) >= 11 is 0. The Labute approximate surface area is 136 Å². The first-order valence-corrected chi connectivity index (χ1v) is 9.72. The molecule has 0 aliphatic carbocycles. The van der Waals surface area contributed by atoms with E-state index in [9.17, 15) is 13.2 Å². The molecule has 1 atom stereocenters. The standard InChI is InChI=1S/C15H22N4O3S/c1-23(21,22)19-6-4-13-11(10-19)7-17-9-14(13)15(20)18-12-3-2-5-16-8-12/h7,9,12,16H,2-6,8,10H2,1H3,(H,18,20). The van der Waals surface area contributed by atoms with E-state index in [1.165, 1.54) is 10.6 Å². The Morgan fingerprint density at radius 2 is 2.26 bits per heavy atom. The maximum atomic E-state index is 12.6. The van der Waals surface area contributed by atoms with E-state index in [0.717, 1.165) is 37.1 Å². The minimum atomic E-state index is -3.23. The number of pyridine rings is 1. The van der Waals surface area contributed by atoms with Crippen LogP contribution in [0.25, 0.3) is 0 Å². The molecule has 1 aromatic heterocycles. The molecule has 1 unspecified atom stereocenters. The van der Waals surface area contributed by atoms with Gasteiger partial charge in [-0.05, 0) is 36.9 Å². The second-order valence-corrected chi connectivity index (χ2v) is 8.17. The minimum absolute atomic E-state index is 0.115. The summed E-state index contributed by atoms with van der Waals surface area (Å²) in [6, 6.07) is 0.142. The zero-order valence-electron chi connectivity index (χ0n) is 13.2. The van der Waals surface area contributed by atoms with Gasteiger partial charge in [-0.2, -0.15) is 4.31 Å². The summed E-state index contributed by atoms with van der Waals surface area (Å²) in [5.41, 5.74) is 2.30. The van der Waals surface area contributed by atoms with Gasteiger partial charge in [0, 0.05) is 38.1 Å². The van der Waals surface area contributed by atoms with Crippen LogP contribution in [0.2, 0.25) is 0 Å². The molecule has 2 N–H and O–H groups in total. The Hall–Kier alpha value is -1.51. The number of piperidine rings is 1. The number of sulfonamides is 1. The summed E-state index contributed by atoms with van der Waals surface area (Å²) in [7, 11) is -3.23. The predicted octanol–water partition coefficient (Wildman–Crippen LogP) is -0.119. The summed E-state index contributed by atoms with van der Waals surface area (Å²) < 4.78 is 24.8. The van der Waals surface area contributed by atoms with Gasteiger partial charge in [0.2, 0.25) is 10.0 Å². The molecule has 0 spiro atoms. The lowest BCUT2D eigenvalue weighted by Crippen LogP contribution is -2.46. The number of rotatable bonds is 3. The van der Waals surface area contributed by atoms with Crippen molar-refractivity contribution in [3.8, 4) is 0 Å². The summed E-state index contributed by atoms with van der Waals surface area (Å²) in [6.45, 7) is 2.47. The van der Waals surface area contributed by atoms with Crippen LogP contribution in [0.4, 0.5) is 0 Å². The number of nitrogens with zero attached hydrogens (tertiary/aromatic N) is 2. The predicted molar refractivity (Wildman–Crippen MR) is 86.6 cm³/mol. The molecule has 0 bridgehead atoms. The largest absolute Gasteiger partial charge is 0.348 e. The highest BCUT2D eigenvalue weighted by molar-refractivity contribution is 7.88. The summed E-state index contributed by atoms with van der Waals surface area (Å²) in [5, 5.41) is 6.33. The van der Waals surface area contributed by atoms with Crippen molar-refractivity contribution in [1.82, 2.24) is 19.9 Å². The second kappa shape index (κ2) is 6.54. The zero-order chi connectivity index (χ0) is 16.4. The number of hydrogen-bond acceptors (Lipinski definition) is 5. The highest BCUT2D eigenvalue weighted by Crippen LogP contribution is 2.23. The van der Waals surface area contributed by atoms with Gasteiger partial charge in [0.25, 0.3) is 5.91 Å². The van der Waals surface area contributed by atoms with Crippen LogP contribution in [-0.4, -0.2) is 55.5 Å². The van der Waals surface area contributed by atoms with Crippen molar-refractivity contribution in [3.05, 3.63) is 29.1 Å². The first-order chi connectivity index (χ1) is 10.9. The molecule has 0 aromatic carbocycles. The highest BCUT2D eigenvalue weighted by Gasteiger charge is 2.27. The van der Waals surface area contributed by atoms with E-state index in [4.69, 9.17) is 0 Å². The summed E-state index contributed by atoms with van der Waals surface area (Å²) in [6.07, 6.45) is 7.02. The normalized spacial score (nSPS) is 22.4. The molecule has 126 valence electrons. The SMILES string of the molecule is CS(=O)(=O)N1CCc2c(cncc2C(=O)NC2CCCNC2)C1. The fourth-order valence-corrected chi connectivity index (χ4v) is 3.98. The molecular formula is C15H22N4O3S. The van der Waals surface area contributed by atoms with E-state index in [-0.39, 0.29) is 18.5 Å². The Bertz CT molecular complexity index is 699. The first-order valence-electron chi connectivity index (χ1n) is 7.87. The number of fused-ring (bicyclic) bond motifs is 1. The van der Waals surface area contributed by atoms with Crippen LogP contribution in [-0.2, 0) is 23.0 Å². The second-order valence-electron chi connectivity index (χ2n) is 6.19. The minimum Gasteiger partial charge on any atom is -0.348 e. The third kappa shape index (κ3) is 3.70. The average Bonchev–Trinajstić information content (AvgIpc) is 2.54. The van der Waals surface area contributed by atoms with E-state index >= 15 is 0 Å². The van der Waals surface area contributed by atoms with E-state index in [0.29, 0.717) is 18.5 Å². The van der Waals surface area contributed by atoms with Crippen LogP contribution in [0.5, 0.6) is 0 Å². The van der Waals surface area contributed by atoms with Crippen LogP contribution in [0.1, 0.15) is 34.3 Å². The molecule has 1 aromatic rings. The van der Waals surface area contributed by atoms with Crippen LogP contribution < -0.4 is 10.6 Å². The zero-order valence-corrected chi connectivity index (χ0v) is 14.0. The Balaban J connectivity index is 1.78. The van der Waals surface area contributed by atoms with E-state index in [1.807, 2.05) is 0 Å². The lowest BCUT2D eigenvalue weighted by Gasteiger charge is -2.28. The van der Waals surface area contributed by atoms with Gasteiger partial charge in [0.15, 0.2) is 0 Å².